The standard InChI is InChI=1S/C14H22N2O/c1-11-4-6-16(9-11)10-12-5-7-17-14(12)8-15-13-2-3-13/h5,7,11,13,15H,2-4,6,8-10H2,1H3. The van der Waals surface area contributed by atoms with Crippen molar-refractivity contribution in [3.63, 3.8) is 0 Å². The average molecular weight is 234 g/mol. The van der Waals surface area contributed by atoms with Gasteiger partial charge in [0.1, 0.15) is 5.76 Å². The molecule has 3 rings (SSSR count). The van der Waals surface area contributed by atoms with Crippen LogP contribution >= 0.6 is 0 Å². The summed E-state index contributed by atoms with van der Waals surface area (Å²) in [6, 6.07) is 2.88. The Hall–Kier alpha value is -0.800. The van der Waals surface area contributed by atoms with E-state index in [1.165, 1.54) is 37.9 Å². The Morgan fingerprint density at radius 1 is 1.41 bits per heavy atom. The van der Waals surface area contributed by atoms with Crippen molar-refractivity contribution in [2.75, 3.05) is 13.1 Å². The lowest BCUT2D eigenvalue weighted by atomic mass is 10.2. The molecule has 0 spiro atoms. The van der Waals surface area contributed by atoms with E-state index in [1.807, 2.05) is 6.26 Å². The first-order valence-electron chi connectivity index (χ1n) is 6.82. The molecule has 1 N–H and O–H groups in total. The summed E-state index contributed by atoms with van der Waals surface area (Å²) in [7, 11) is 0. The predicted molar refractivity (Wildman–Crippen MR) is 67.6 cm³/mol. The van der Waals surface area contributed by atoms with E-state index in [1.54, 1.807) is 0 Å². The highest BCUT2D eigenvalue weighted by Crippen LogP contribution is 2.22. The lowest BCUT2D eigenvalue weighted by Crippen LogP contribution is -2.21. The molecule has 0 aromatic carbocycles. The molecule has 1 aliphatic carbocycles. The number of rotatable bonds is 5. The lowest BCUT2D eigenvalue weighted by molar-refractivity contribution is 0.316. The molecule has 2 fully saturated rings. The number of hydrogen-bond acceptors (Lipinski definition) is 3. The molecule has 1 aromatic heterocycles. The molecular formula is C14H22N2O. The molecule has 94 valence electrons. The van der Waals surface area contributed by atoms with Gasteiger partial charge in [-0.05, 0) is 37.8 Å². The molecule has 0 amide bonds. The number of likely N-dealkylation sites (tertiary alicyclic amines) is 1. The molecule has 1 unspecified atom stereocenters. The Kier molecular flexibility index (Phi) is 3.21. The van der Waals surface area contributed by atoms with Crippen molar-refractivity contribution in [3.05, 3.63) is 23.7 Å². The Morgan fingerprint density at radius 2 is 2.29 bits per heavy atom. The van der Waals surface area contributed by atoms with Crippen molar-refractivity contribution in [1.82, 2.24) is 10.2 Å². The van der Waals surface area contributed by atoms with E-state index in [4.69, 9.17) is 4.42 Å². The summed E-state index contributed by atoms with van der Waals surface area (Å²) in [5, 5.41) is 3.52. The number of nitrogens with zero attached hydrogens (tertiary/aromatic N) is 1. The summed E-state index contributed by atoms with van der Waals surface area (Å²) < 4.78 is 5.59. The highest BCUT2D eigenvalue weighted by Gasteiger charge is 2.23. The molecule has 1 saturated heterocycles. The normalized spacial score (nSPS) is 25.6. The van der Waals surface area contributed by atoms with Crippen molar-refractivity contribution in [1.29, 1.82) is 0 Å². The highest BCUT2D eigenvalue weighted by atomic mass is 16.3. The smallest absolute Gasteiger partial charge is 0.122 e. The first-order chi connectivity index (χ1) is 8.31. The maximum Gasteiger partial charge on any atom is 0.122 e. The Morgan fingerprint density at radius 3 is 3.00 bits per heavy atom. The molecule has 2 aliphatic rings. The first-order valence-corrected chi connectivity index (χ1v) is 6.82. The van der Waals surface area contributed by atoms with Crippen LogP contribution in [0.2, 0.25) is 0 Å². The molecule has 1 atom stereocenters. The van der Waals surface area contributed by atoms with Crippen LogP contribution in [0.15, 0.2) is 16.7 Å². The highest BCUT2D eigenvalue weighted by molar-refractivity contribution is 5.17. The fourth-order valence-corrected chi connectivity index (χ4v) is 2.60. The fraction of sp³-hybridized carbons (Fsp3) is 0.714. The maximum atomic E-state index is 5.59. The van der Waals surface area contributed by atoms with E-state index in [0.29, 0.717) is 0 Å². The van der Waals surface area contributed by atoms with Gasteiger partial charge in [0.25, 0.3) is 0 Å². The minimum atomic E-state index is 0.750. The van der Waals surface area contributed by atoms with Crippen LogP contribution in [0.4, 0.5) is 0 Å². The van der Waals surface area contributed by atoms with Crippen LogP contribution in [0.3, 0.4) is 0 Å². The van der Waals surface area contributed by atoms with Crippen LogP contribution in [0.25, 0.3) is 0 Å². The summed E-state index contributed by atoms with van der Waals surface area (Å²) in [6.07, 6.45) is 5.84. The number of hydrogen-bond donors (Lipinski definition) is 1. The van der Waals surface area contributed by atoms with Crippen LogP contribution in [0, 0.1) is 5.92 Å². The third-order valence-electron chi connectivity index (χ3n) is 3.87. The Balaban J connectivity index is 1.56. The van der Waals surface area contributed by atoms with Gasteiger partial charge in [-0.2, -0.15) is 0 Å². The van der Waals surface area contributed by atoms with E-state index < -0.39 is 0 Å². The zero-order valence-electron chi connectivity index (χ0n) is 10.6. The van der Waals surface area contributed by atoms with E-state index in [2.05, 4.69) is 23.2 Å². The summed E-state index contributed by atoms with van der Waals surface area (Å²) >= 11 is 0. The third kappa shape index (κ3) is 2.90. The lowest BCUT2D eigenvalue weighted by Gasteiger charge is -2.15. The topological polar surface area (TPSA) is 28.4 Å². The van der Waals surface area contributed by atoms with Gasteiger partial charge in [-0.3, -0.25) is 4.90 Å². The van der Waals surface area contributed by atoms with Gasteiger partial charge in [-0.15, -0.1) is 0 Å². The van der Waals surface area contributed by atoms with E-state index in [0.717, 1.165) is 30.8 Å². The van der Waals surface area contributed by atoms with Crippen molar-refractivity contribution in [2.45, 2.75) is 45.3 Å². The minimum Gasteiger partial charge on any atom is -0.468 e. The van der Waals surface area contributed by atoms with Gasteiger partial charge < -0.3 is 9.73 Å². The van der Waals surface area contributed by atoms with Crippen LogP contribution < -0.4 is 5.32 Å². The Bertz CT molecular complexity index is 370. The molecule has 3 heteroatoms. The summed E-state index contributed by atoms with van der Waals surface area (Å²) in [5.74, 6) is 1.99. The second kappa shape index (κ2) is 4.83. The number of furan rings is 1. The van der Waals surface area contributed by atoms with Crippen molar-refractivity contribution in [2.24, 2.45) is 5.92 Å². The van der Waals surface area contributed by atoms with Crippen molar-refractivity contribution in [3.8, 4) is 0 Å². The van der Waals surface area contributed by atoms with Gasteiger partial charge in [-0.1, -0.05) is 6.92 Å². The molecule has 3 nitrogen and oxygen atoms in total. The third-order valence-corrected chi connectivity index (χ3v) is 3.87. The predicted octanol–water partition coefficient (Wildman–Crippen LogP) is 2.37. The van der Waals surface area contributed by atoms with E-state index >= 15 is 0 Å². The number of nitrogens with one attached hydrogen (secondary N) is 1. The summed E-state index contributed by atoms with van der Waals surface area (Å²) in [5.41, 5.74) is 1.37. The molecule has 1 aliphatic heterocycles. The summed E-state index contributed by atoms with van der Waals surface area (Å²) in [4.78, 5) is 2.54. The van der Waals surface area contributed by atoms with Crippen molar-refractivity contribution < 1.29 is 4.42 Å². The SMILES string of the molecule is CC1CCN(Cc2ccoc2CNC2CC2)C1. The van der Waals surface area contributed by atoms with Gasteiger partial charge in [0.15, 0.2) is 0 Å². The molecule has 2 heterocycles. The monoisotopic (exact) mass is 234 g/mol. The van der Waals surface area contributed by atoms with Gasteiger partial charge in [0.05, 0.1) is 12.8 Å². The van der Waals surface area contributed by atoms with Gasteiger partial charge in [0, 0.05) is 24.7 Å². The first kappa shape index (κ1) is 11.3. The molecule has 1 saturated carbocycles. The average Bonchev–Trinajstić information content (AvgIpc) is 2.90. The van der Waals surface area contributed by atoms with Crippen LogP contribution in [-0.2, 0) is 13.1 Å². The molecule has 17 heavy (non-hydrogen) atoms. The molecule has 1 aromatic rings. The van der Waals surface area contributed by atoms with Gasteiger partial charge in [0.2, 0.25) is 0 Å². The van der Waals surface area contributed by atoms with E-state index in [-0.39, 0.29) is 0 Å². The molecular weight excluding hydrogens is 212 g/mol. The largest absolute Gasteiger partial charge is 0.468 e. The zero-order valence-corrected chi connectivity index (χ0v) is 10.6. The van der Waals surface area contributed by atoms with Crippen LogP contribution in [-0.4, -0.2) is 24.0 Å². The summed E-state index contributed by atoms with van der Waals surface area (Å²) in [6.45, 7) is 6.77. The van der Waals surface area contributed by atoms with E-state index in [9.17, 15) is 0 Å². The second-order valence-electron chi connectivity index (χ2n) is 5.65. The fourth-order valence-electron chi connectivity index (χ4n) is 2.60. The minimum absolute atomic E-state index is 0.750. The van der Waals surface area contributed by atoms with Crippen LogP contribution in [0.5, 0.6) is 0 Å². The van der Waals surface area contributed by atoms with Crippen LogP contribution in [0.1, 0.15) is 37.5 Å². The molecule has 0 bridgehead atoms. The Labute approximate surface area is 103 Å². The zero-order chi connectivity index (χ0) is 11.7. The quantitative estimate of drug-likeness (QED) is 0.848. The van der Waals surface area contributed by atoms with Gasteiger partial charge in [-0.25, -0.2) is 0 Å². The maximum absolute atomic E-state index is 5.59. The van der Waals surface area contributed by atoms with Crippen molar-refractivity contribution >= 4 is 0 Å². The van der Waals surface area contributed by atoms with Gasteiger partial charge >= 0.3 is 0 Å². The molecule has 0 radical (unpaired) electrons. The second-order valence-corrected chi connectivity index (χ2v) is 5.65.